The van der Waals surface area contributed by atoms with E-state index < -0.39 is 11.7 Å². The van der Waals surface area contributed by atoms with E-state index in [0.29, 0.717) is 42.7 Å². The molecular weight excluding hydrogens is 360 g/mol. The van der Waals surface area contributed by atoms with Crippen LogP contribution in [0.4, 0.5) is 4.79 Å². The van der Waals surface area contributed by atoms with Crippen molar-refractivity contribution in [3.8, 4) is 11.5 Å². The SMILES string of the molecule is CC(C)(C)OC(=O)NCCC(=O)NCCc1cc(Cl)c2c(c1)OCCO2. The summed E-state index contributed by atoms with van der Waals surface area (Å²) in [6.07, 6.45) is 0.263. The molecule has 1 aromatic carbocycles. The van der Waals surface area contributed by atoms with Gasteiger partial charge in [-0.1, -0.05) is 11.6 Å². The summed E-state index contributed by atoms with van der Waals surface area (Å²) in [5.41, 5.74) is 0.392. The number of hydrogen-bond acceptors (Lipinski definition) is 5. The molecule has 0 saturated heterocycles. The summed E-state index contributed by atoms with van der Waals surface area (Å²) in [6, 6.07) is 3.68. The largest absolute Gasteiger partial charge is 0.486 e. The van der Waals surface area contributed by atoms with E-state index in [-0.39, 0.29) is 18.9 Å². The Balaban J connectivity index is 1.69. The lowest BCUT2D eigenvalue weighted by Gasteiger charge is -2.20. The van der Waals surface area contributed by atoms with Crippen LogP contribution in [-0.2, 0) is 16.0 Å². The van der Waals surface area contributed by atoms with Crippen molar-refractivity contribution in [1.29, 1.82) is 0 Å². The van der Waals surface area contributed by atoms with Gasteiger partial charge in [-0.2, -0.15) is 0 Å². The molecule has 0 aliphatic carbocycles. The third-order valence-electron chi connectivity index (χ3n) is 3.41. The molecule has 1 aliphatic heterocycles. The van der Waals surface area contributed by atoms with Gasteiger partial charge < -0.3 is 24.8 Å². The molecule has 2 rings (SSSR count). The number of fused-ring (bicyclic) bond motifs is 1. The van der Waals surface area contributed by atoms with Gasteiger partial charge >= 0.3 is 6.09 Å². The second-order valence-corrected chi connectivity index (χ2v) is 7.29. The Labute approximate surface area is 158 Å². The maximum absolute atomic E-state index is 11.8. The zero-order valence-corrected chi connectivity index (χ0v) is 16.1. The molecule has 144 valence electrons. The number of alkyl carbamates (subject to hydrolysis) is 1. The standard InChI is InChI=1S/C18H25ClN2O5/c1-18(2,3)26-17(23)21-7-5-15(22)20-6-4-12-10-13(19)16-14(11-12)24-8-9-25-16/h10-11H,4-9H2,1-3H3,(H,20,22)(H,21,23). The molecule has 0 aromatic heterocycles. The third kappa shape index (κ3) is 6.63. The maximum Gasteiger partial charge on any atom is 0.407 e. The smallest absolute Gasteiger partial charge is 0.407 e. The van der Waals surface area contributed by atoms with Crippen molar-refractivity contribution in [2.24, 2.45) is 0 Å². The molecule has 0 bridgehead atoms. The first-order chi connectivity index (χ1) is 12.2. The van der Waals surface area contributed by atoms with Gasteiger partial charge in [0, 0.05) is 19.5 Å². The molecule has 0 saturated carbocycles. The van der Waals surface area contributed by atoms with Crippen molar-refractivity contribution in [2.75, 3.05) is 26.3 Å². The number of hydrogen-bond donors (Lipinski definition) is 2. The van der Waals surface area contributed by atoms with E-state index in [4.69, 9.17) is 25.8 Å². The Hall–Kier alpha value is -2.15. The first-order valence-electron chi connectivity index (χ1n) is 8.56. The van der Waals surface area contributed by atoms with Crippen molar-refractivity contribution < 1.29 is 23.8 Å². The van der Waals surface area contributed by atoms with Crippen molar-refractivity contribution in [2.45, 2.75) is 39.2 Å². The minimum absolute atomic E-state index is 0.148. The van der Waals surface area contributed by atoms with Crippen LogP contribution in [0.15, 0.2) is 12.1 Å². The predicted molar refractivity (Wildman–Crippen MR) is 98.0 cm³/mol. The lowest BCUT2D eigenvalue weighted by atomic mass is 10.1. The van der Waals surface area contributed by atoms with E-state index in [1.807, 2.05) is 12.1 Å². The molecule has 0 atom stereocenters. The first kappa shape index (κ1) is 20.2. The number of amides is 2. The second-order valence-electron chi connectivity index (χ2n) is 6.88. The topological polar surface area (TPSA) is 85.9 Å². The fourth-order valence-electron chi connectivity index (χ4n) is 2.34. The number of benzene rings is 1. The summed E-state index contributed by atoms with van der Waals surface area (Å²) < 4.78 is 16.1. The van der Waals surface area contributed by atoms with Gasteiger partial charge in [-0.25, -0.2) is 4.79 Å². The van der Waals surface area contributed by atoms with Gasteiger partial charge in [0.25, 0.3) is 0 Å². The van der Waals surface area contributed by atoms with Crippen LogP contribution in [0.3, 0.4) is 0 Å². The predicted octanol–water partition coefficient (Wildman–Crippen LogP) is 2.68. The van der Waals surface area contributed by atoms with Crippen LogP contribution in [0.25, 0.3) is 0 Å². The minimum Gasteiger partial charge on any atom is -0.486 e. The molecule has 0 fully saturated rings. The van der Waals surface area contributed by atoms with E-state index in [1.54, 1.807) is 20.8 Å². The highest BCUT2D eigenvalue weighted by Crippen LogP contribution is 2.38. The van der Waals surface area contributed by atoms with E-state index in [9.17, 15) is 9.59 Å². The molecular formula is C18H25ClN2O5. The summed E-state index contributed by atoms with van der Waals surface area (Å²) in [4.78, 5) is 23.3. The number of rotatable bonds is 6. The van der Waals surface area contributed by atoms with Crippen molar-refractivity contribution >= 4 is 23.6 Å². The lowest BCUT2D eigenvalue weighted by Crippen LogP contribution is -2.35. The molecule has 0 radical (unpaired) electrons. The number of carbonyl (C=O) groups is 2. The summed E-state index contributed by atoms with van der Waals surface area (Å²) in [5, 5.41) is 5.86. The summed E-state index contributed by atoms with van der Waals surface area (Å²) in [6.45, 7) is 7.00. The van der Waals surface area contributed by atoms with Gasteiger partial charge in [-0.15, -0.1) is 0 Å². The van der Waals surface area contributed by atoms with Crippen LogP contribution < -0.4 is 20.1 Å². The monoisotopic (exact) mass is 384 g/mol. The highest BCUT2D eigenvalue weighted by atomic mass is 35.5. The molecule has 0 spiro atoms. The van der Waals surface area contributed by atoms with E-state index in [2.05, 4.69) is 10.6 Å². The van der Waals surface area contributed by atoms with E-state index in [0.717, 1.165) is 5.56 Å². The fraction of sp³-hybridized carbons (Fsp3) is 0.556. The molecule has 1 aliphatic rings. The average molecular weight is 385 g/mol. The molecule has 26 heavy (non-hydrogen) atoms. The average Bonchev–Trinajstić information content (AvgIpc) is 2.53. The van der Waals surface area contributed by atoms with E-state index >= 15 is 0 Å². The molecule has 8 heteroatoms. The molecule has 1 aromatic rings. The number of nitrogens with one attached hydrogen (secondary N) is 2. The maximum atomic E-state index is 11.8. The molecule has 1 heterocycles. The quantitative estimate of drug-likeness (QED) is 0.787. The van der Waals surface area contributed by atoms with Gasteiger partial charge in [0.1, 0.15) is 18.8 Å². The van der Waals surface area contributed by atoms with Crippen molar-refractivity contribution in [3.05, 3.63) is 22.7 Å². The lowest BCUT2D eigenvalue weighted by molar-refractivity contribution is -0.120. The Bertz CT molecular complexity index is 658. The first-order valence-corrected chi connectivity index (χ1v) is 8.94. The van der Waals surface area contributed by atoms with Gasteiger partial charge in [-0.3, -0.25) is 4.79 Å². The fourth-order valence-corrected chi connectivity index (χ4v) is 2.62. The Morgan fingerprint density at radius 2 is 1.88 bits per heavy atom. The highest BCUT2D eigenvalue weighted by molar-refractivity contribution is 6.32. The third-order valence-corrected chi connectivity index (χ3v) is 3.69. The summed E-state index contributed by atoms with van der Waals surface area (Å²) in [5.74, 6) is 1.05. The normalized spacial score (nSPS) is 13.1. The van der Waals surface area contributed by atoms with Crippen LogP contribution in [0, 0.1) is 0 Å². The van der Waals surface area contributed by atoms with Crippen LogP contribution in [0.2, 0.25) is 5.02 Å². The Kier molecular flexibility index (Phi) is 6.97. The number of halogens is 1. The number of carbonyl (C=O) groups excluding carboxylic acids is 2. The van der Waals surface area contributed by atoms with Crippen molar-refractivity contribution in [1.82, 2.24) is 10.6 Å². The Morgan fingerprint density at radius 1 is 1.15 bits per heavy atom. The summed E-state index contributed by atoms with van der Waals surface area (Å²) >= 11 is 6.19. The van der Waals surface area contributed by atoms with Crippen LogP contribution in [0.5, 0.6) is 11.5 Å². The van der Waals surface area contributed by atoms with Gasteiger partial charge in [0.15, 0.2) is 11.5 Å². The van der Waals surface area contributed by atoms with Crippen molar-refractivity contribution in [3.63, 3.8) is 0 Å². The molecule has 2 N–H and O–H groups in total. The van der Waals surface area contributed by atoms with Gasteiger partial charge in [-0.05, 0) is 44.9 Å². The van der Waals surface area contributed by atoms with E-state index in [1.165, 1.54) is 0 Å². The number of ether oxygens (including phenoxy) is 3. The highest BCUT2D eigenvalue weighted by Gasteiger charge is 2.17. The zero-order chi connectivity index (χ0) is 19.2. The molecule has 2 amide bonds. The zero-order valence-electron chi connectivity index (χ0n) is 15.3. The van der Waals surface area contributed by atoms with Gasteiger partial charge in [0.05, 0.1) is 5.02 Å². The minimum atomic E-state index is -0.558. The molecule has 7 nitrogen and oxygen atoms in total. The van der Waals surface area contributed by atoms with Gasteiger partial charge in [0.2, 0.25) is 5.91 Å². The molecule has 0 unspecified atom stereocenters. The van der Waals surface area contributed by atoms with Crippen LogP contribution in [-0.4, -0.2) is 43.9 Å². The summed E-state index contributed by atoms with van der Waals surface area (Å²) in [7, 11) is 0. The Morgan fingerprint density at radius 3 is 2.62 bits per heavy atom. The van der Waals surface area contributed by atoms with Crippen LogP contribution >= 0.6 is 11.6 Å². The van der Waals surface area contributed by atoms with Crippen LogP contribution in [0.1, 0.15) is 32.8 Å². The second kappa shape index (κ2) is 8.98.